The van der Waals surface area contributed by atoms with Crippen molar-refractivity contribution in [2.45, 2.75) is 33.2 Å². The van der Waals surface area contributed by atoms with Crippen LogP contribution in [0.1, 0.15) is 37.8 Å². The number of nitrogens with one attached hydrogen (secondary N) is 2. The van der Waals surface area contributed by atoms with Crippen LogP contribution in [-0.4, -0.2) is 41.3 Å². The van der Waals surface area contributed by atoms with Crippen LogP contribution < -0.4 is 10.6 Å². The number of ether oxygens (including phenoxy) is 1. The van der Waals surface area contributed by atoms with Crippen LogP contribution in [0.25, 0.3) is 11.5 Å². The van der Waals surface area contributed by atoms with E-state index in [1.54, 1.807) is 6.92 Å². The molecule has 1 aromatic heterocycles. The number of aromatic nitrogens is 2. The first-order chi connectivity index (χ1) is 13.3. The first-order valence-electron chi connectivity index (χ1n) is 8.80. The molecule has 1 aromatic carbocycles. The quantitative estimate of drug-likeness (QED) is 0.711. The van der Waals surface area contributed by atoms with Crippen LogP contribution in [0.2, 0.25) is 0 Å². The van der Waals surface area contributed by atoms with Crippen molar-refractivity contribution in [3.63, 3.8) is 0 Å². The summed E-state index contributed by atoms with van der Waals surface area (Å²) in [6.45, 7) is 5.97. The van der Waals surface area contributed by atoms with Gasteiger partial charge in [0.25, 0.3) is 17.6 Å². The molecule has 2 N–H and O–H groups in total. The molecule has 28 heavy (non-hydrogen) atoms. The lowest BCUT2D eigenvalue weighted by atomic mass is 10.0. The summed E-state index contributed by atoms with van der Waals surface area (Å²) in [5, 5.41) is 8.74. The van der Waals surface area contributed by atoms with Crippen molar-refractivity contribution in [1.29, 1.82) is 0 Å². The van der Waals surface area contributed by atoms with Gasteiger partial charge in [0.15, 0.2) is 0 Å². The van der Waals surface area contributed by atoms with E-state index in [0.717, 1.165) is 18.2 Å². The number of hydrogen-bond acceptors (Lipinski definition) is 6. The van der Waals surface area contributed by atoms with Crippen LogP contribution in [-0.2, 0) is 4.74 Å². The molecule has 0 radical (unpaired) electrons. The molecule has 0 bridgehead atoms. The van der Waals surface area contributed by atoms with Crippen molar-refractivity contribution in [2.24, 2.45) is 5.92 Å². The Kier molecular flexibility index (Phi) is 7.42. The molecule has 0 spiro atoms. The Bertz CT molecular complexity index is 826. The average Bonchev–Trinajstić information content (AvgIpc) is 3.11. The van der Waals surface area contributed by atoms with Gasteiger partial charge in [0, 0.05) is 12.6 Å². The third-order valence-corrected chi connectivity index (χ3v) is 3.65. The summed E-state index contributed by atoms with van der Waals surface area (Å²) in [7, 11) is 0. The SMILES string of the molecule is CCOC(=O)NC(CNC(=O)c1noc(-c2cc(F)ccc2F)n1)CC(C)C. The van der Waals surface area contributed by atoms with Crippen LogP contribution in [0.4, 0.5) is 13.6 Å². The lowest BCUT2D eigenvalue weighted by Crippen LogP contribution is -2.44. The van der Waals surface area contributed by atoms with Gasteiger partial charge in [-0.05, 0) is 37.5 Å². The highest BCUT2D eigenvalue weighted by Gasteiger charge is 2.21. The van der Waals surface area contributed by atoms with E-state index in [9.17, 15) is 18.4 Å². The molecule has 2 rings (SSSR count). The van der Waals surface area contributed by atoms with E-state index in [1.165, 1.54) is 0 Å². The maximum Gasteiger partial charge on any atom is 0.407 e. The predicted octanol–water partition coefficient (Wildman–Crippen LogP) is 2.91. The van der Waals surface area contributed by atoms with Crippen molar-refractivity contribution >= 4 is 12.0 Å². The highest BCUT2D eigenvalue weighted by molar-refractivity contribution is 5.90. The number of rotatable bonds is 8. The van der Waals surface area contributed by atoms with Gasteiger partial charge in [-0.1, -0.05) is 19.0 Å². The summed E-state index contributed by atoms with van der Waals surface area (Å²) in [4.78, 5) is 27.7. The zero-order valence-electron chi connectivity index (χ0n) is 15.8. The summed E-state index contributed by atoms with van der Waals surface area (Å²) < 4.78 is 36.8. The lowest BCUT2D eigenvalue weighted by molar-refractivity contribution is 0.0931. The highest BCUT2D eigenvalue weighted by Crippen LogP contribution is 2.21. The fourth-order valence-corrected chi connectivity index (χ4v) is 2.48. The van der Waals surface area contributed by atoms with E-state index in [1.807, 2.05) is 13.8 Å². The first kappa shape index (κ1) is 21.3. The molecule has 0 aliphatic rings. The monoisotopic (exact) mass is 396 g/mol. The molecule has 1 unspecified atom stereocenters. The Morgan fingerprint density at radius 3 is 2.71 bits per heavy atom. The Hall–Kier alpha value is -3.04. The van der Waals surface area contributed by atoms with Gasteiger partial charge >= 0.3 is 6.09 Å². The summed E-state index contributed by atoms with van der Waals surface area (Å²) in [6, 6.07) is 2.40. The molecule has 1 heterocycles. The largest absolute Gasteiger partial charge is 0.450 e. The minimum atomic E-state index is -0.757. The van der Waals surface area contributed by atoms with Crippen LogP contribution in [0, 0.1) is 17.6 Å². The number of amides is 2. The molecule has 2 amide bonds. The predicted molar refractivity (Wildman–Crippen MR) is 95.4 cm³/mol. The second-order valence-corrected chi connectivity index (χ2v) is 6.45. The summed E-state index contributed by atoms with van der Waals surface area (Å²) >= 11 is 0. The minimum Gasteiger partial charge on any atom is -0.450 e. The Morgan fingerprint density at radius 2 is 2.04 bits per heavy atom. The van der Waals surface area contributed by atoms with Gasteiger partial charge in [-0.2, -0.15) is 4.98 Å². The third-order valence-electron chi connectivity index (χ3n) is 3.65. The fourth-order valence-electron chi connectivity index (χ4n) is 2.48. The van der Waals surface area contributed by atoms with Gasteiger partial charge in [0.1, 0.15) is 11.6 Å². The number of hydrogen-bond donors (Lipinski definition) is 2. The number of benzene rings is 1. The van der Waals surface area contributed by atoms with Crippen LogP contribution in [0.5, 0.6) is 0 Å². The van der Waals surface area contributed by atoms with Crippen LogP contribution in [0.3, 0.4) is 0 Å². The molecule has 0 aliphatic heterocycles. The Morgan fingerprint density at radius 1 is 1.29 bits per heavy atom. The van der Waals surface area contributed by atoms with Crippen molar-refractivity contribution in [2.75, 3.05) is 13.2 Å². The zero-order valence-corrected chi connectivity index (χ0v) is 15.8. The molecule has 152 valence electrons. The van der Waals surface area contributed by atoms with E-state index < -0.39 is 23.6 Å². The molecule has 8 nitrogen and oxygen atoms in total. The second-order valence-electron chi connectivity index (χ2n) is 6.45. The molecule has 0 aliphatic carbocycles. The Balaban J connectivity index is 2.02. The number of nitrogens with zero attached hydrogens (tertiary/aromatic N) is 2. The van der Waals surface area contributed by atoms with E-state index in [-0.39, 0.29) is 42.4 Å². The van der Waals surface area contributed by atoms with Gasteiger partial charge in [0.2, 0.25) is 0 Å². The molecule has 2 aromatic rings. The molecule has 0 saturated carbocycles. The molecule has 0 saturated heterocycles. The van der Waals surface area contributed by atoms with Gasteiger partial charge in [0.05, 0.1) is 12.2 Å². The van der Waals surface area contributed by atoms with Crippen molar-refractivity contribution in [1.82, 2.24) is 20.8 Å². The standard InChI is InChI=1S/C18H22F2N4O4/c1-4-27-18(26)22-12(7-10(2)3)9-21-16(25)15-23-17(28-24-15)13-8-11(19)5-6-14(13)20/h5-6,8,10,12H,4,7,9H2,1-3H3,(H,21,25)(H,22,26). The maximum atomic E-state index is 13.8. The maximum absolute atomic E-state index is 13.8. The molecule has 10 heteroatoms. The van der Waals surface area contributed by atoms with Gasteiger partial charge in [-0.25, -0.2) is 13.6 Å². The normalized spacial score (nSPS) is 11.9. The third kappa shape index (κ3) is 6.00. The summed E-state index contributed by atoms with van der Waals surface area (Å²) in [6.07, 6.45) is 0.0243. The van der Waals surface area contributed by atoms with Crippen molar-refractivity contribution in [3.05, 3.63) is 35.7 Å². The number of carbonyl (C=O) groups is 2. The van der Waals surface area contributed by atoms with Crippen LogP contribution in [0.15, 0.2) is 22.7 Å². The smallest absolute Gasteiger partial charge is 0.407 e. The molecule has 1 atom stereocenters. The van der Waals surface area contributed by atoms with Crippen LogP contribution >= 0.6 is 0 Å². The fraction of sp³-hybridized carbons (Fsp3) is 0.444. The second kappa shape index (κ2) is 9.77. The van der Waals surface area contributed by atoms with Crippen molar-refractivity contribution < 1.29 is 27.6 Å². The summed E-state index contributed by atoms with van der Waals surface area (Å²) in [5.74, 6) is -2.50. The first-order valence-corrected chi connectivity index (χ1v) is 8.80. The number of halogens is 2. The highest BCUT2D eigenvalue weighted by atomic mass is 19.1. The van der Waals surface area contributed by atoms with Gasteiger partial charge < -0.3 is 19.9 Å². The van der Waals surface area contributed by atoms with E-state index in [2.05, 4.69) is 20.8 Å². The van der Waals surface area contributed by atoms with Gasteiger partial charge in [-0.15, -0.1) is 0 Å². The van der Waals surface area contributed by atoms with Crippen molar-refractivity contribution in [3.8, 4) is 11.5 Å². The topological polar surface area (TPSA) is 106 Å². The molecule has 0 fully saturated rings. The molecular weight excluding hydrogens is 374 g/mol. The minimum absolute atomic E-state index is 0.105. The Labute approximate surface area is 160 Å². The summed E-state index contributed by atoms with van der Waals surface area (Å²) in [5.41, 5.74) is -0.242. The number of alkyl carbamates (subject to hydrolysis) is 1. The van der Waals surface area contributed by atoms with E-state index >= 15 is 0 Å². The lowest BCUT2D eigenvalue weighted by Gasteiger charge is -2.20. The average molecular weight is 396 g/mol. The zero-order chi connectivity index (χ0) is 20.7. The van der Waals surface area contributed by atoms with E-state index in [0.29, 0.717) is 6.42 Å². The number of carbonyl (C=O) groups excluding carboxylic acids is 2. The molecular formula is C18H22F2N4O4. The van der Waals surface area contributed by atoms with E-state index in [4.69, 9.17) is 9.26 Å². The van der Waals surface area contributed by atoms with Gasteiger partial charge in [-0.3, -0.25) is 4.79 Å².